The molecule has 2 aliphatic rings. The zero-order valence-electron chi connectivity index (χ0n) is 14.8. The van der Waals surface area contributed by atoms with Gasteiger partial charge in [0.05, 0.1) is 31.3 Å². The Labute approximate surface area is 153 Å². The Morgan fingerprint density at radius 1 is 1.35 bits per heavy atom. The number of likely N-dealkylation sites (tertiary alicyclic amines) is 1. The van der Waals surface area contributed by atoms with Crippen LogP contribution in [-0.4, -0.2) is 48.2 Å². The smallest absolute Gasteiger partial charge is 0.289 e. The summed E-state index contributed by atoms with van der Waals surface area (Å²) >= 11 is 0. The molecule has 0 spiro atoms. The van der Waals surface area contributed by atoms with Crippen LogP contribution in [0.4, 0.5) is 0 Å². The topological polar surface area (TPSA) is 64.8 Å². The number of hydrogen-bond acceptors (Lipinski definition) is 5. The van der Waals surface area contributed by atoms with E-state index in [0.29, 0.717) is 32.1 Å². The van der Waals surface area contributed by atoms with Crippen LogP contribution in [0.5, 0.6) is 0 Å². The summed E-state index contributed by atoms with van der Waals surface area (Å²) in [5.41, 5.74) is 0.754. The molecule has 2 aromatic heterocycles. The van der Waals surface area contributed by atoms with Crippen molar-refractivity contribution in [2.24, 2.45) is 5.41 Å². The summed E-state index contributed by atoms with van der Waals surface area (Å²) in [6.07, 6.45) is 6.28. The van der Waals surface area contributed by atoms with E-state index in [0.717, 1.165) is 31.6 Å². The molecular weight excluding hydrogens is 332 g/mol. The van der Waals surface area contributed by atoms with Crippen LogP contribution in [0.15, 0.2) is 47.2 Å². The quantitative estimate of drug-likeness (QED) is 0.824. The van der Waals surface area contributed by atoms with E-state index in [-0.39, 0.29) is 17.4 Å². The van der Waals surface area contributed by atoms with Crippen molar-refractivity contribution in [3.63, 3.8) is 0 Å². The third kappa shape index (κ3) is 3.52. The van der Waals surface area contributed by atoms with Crippen LogP contribution >= 0.6 is 0 Å². The molecule has 2 atom stereocenters. The number of aromatic nitrogens is 1. The van der Waals surface area contributed by atoms with Gasteiger partial charge in [-0.25, -0.2) is 0 Å². The van der Waals surface area contributed by atoms with Gasteiger partial charge in [-0.05, 0) is 43.5 Å². The average Bonchev–Trinajstić information content (AvgIpc) is 3.22. The van der Waals surface area contributed by atoms with Gasteiger partial charge in [0.1, 0.15) is 0 Å². The lowest BCUT2D eigenvalue weighted by atomic mass is 9.73. The molecule has 4 heterocycles. The molecular formula is C20H24N2O4. The van der Waals surface area contributed by atoms with Gasteiger partial charge in [-0.15, -0.1) is 0 Å². The normalized spacial score (nSPS) is 25.7. The molecule has 2 aliphatic heterocycles. The molecule has 6 nitrogen and oxygen atoms in total. The molecule has 0 N–H and O–H groups in total. The van der Waals surface area contributed by atoms with Crippen molar-refractivity contribution in [2.75, 3.05) is 26.3 Å². The lowest BCUT2D eigenvalue weighted by Crippen LogP contribution is -2.58. The largest absolute Gasteiger partial charge is 0.459 e. The number of rotatable bonds is 5. The third-order valence-electron chi connectivity index (χ3n) is 5.37. The molecule has 26 heavy (non-hydrogen) atoms. The number of fused-ring (bicyclic) bond motifs is 1. The van der Waals surface area contributed by atoms with Gasteiger partial charge in [0.15, 0.2) is 5.76 Å². The summed E-state index contributed by atoms with van der Waals surface area (Å²) in [6, 6.07) is 9.28. The van der Waals surface area contributed by atoms with Crippen molar-refractivity contribution in [1.29, 1.82) is 0 Å². The van der Waals surface area contributed by atoms with Gasteiger partial charge in [-0.1, -0.05) is 6.07 Å². The molecule has 4 rings (SSSR count). The average molecular weight is 356 g/mol. The van der Waals surface area contributed by atoms with Crippen molar-refractivity contribution >= 4 is 5.91 Å². The van der Waals surface area contributed by atoms with E-state index < -0.39 is 0 Å². The van der Waals surface area contributed by atoms with Gasteiger partial charge < -0.3 is 18.8 Å². The van der Waals surface area contributed by atoms with E-state index in [1.165, 1.54) is 6.26 Å². The van der Waals surface area contributed by atoms with E-state index in [1.807, 2.05) is 23.1 Å². The lowest BCUT2D eigenvalue weighted by molar-refractivity contribution is -0.149. The highest BCUT2D eigenvalue weighted by atomic mass is 16.5. The summed E-state index contributed by atoms with van der Waals surface area (Å²) in [4.78, 5) is 18.9. The Kier molecular flexibility index (Phi) is 5.04. The van der Waals surface area contributed by atoms with Crippen molar-refractivity contribution in [2.45, 2.75) is 32.0 Å². The summed E-state index contributed by atoms with van der Waals surface area (Å²) in [7, 11) is 0. The summed E-state index contributed by atoms with van der Waals surface area (Å²) < 4.78 is 17.4. The van der Waals surface area contributed by atoms with E-state index >= 15 is 0 Å². The van der Waals surface area contributed by atoms with Crippen LogP contribution in [0.2, 0.25) is 0 Å². The molecule has 0 saturated carbocycles. The van der Waals surface area contributed by atoms with Gasteiger partial charge in [0.2, 0.25) is 0 Å². The number of furan rings is 1. The molecule has 2 aromatic rings. The minimum Gasteiger partial charge on any atom is -0.459 e. The van der Waals surface area contributed by atoms with Crippen molar-refractivity contribution in [3.05, 3.63) is 54.2 Å². The zero-order chi connectivity index (χ0) is 17.8. The van der Waals surface area contributed by atoms with Gasteiger partial charge in [0.25, 0.3) is 5.91 Å². The van der Waals surface area contributed by atoms with Crippen LogP contribution in [0.3, 0.4) is 0 Å². The molecule has 0 unspecified atom stereocenters. The van der Waals surface area contributed by atoms with Gasteiger partial charge in [0, 0.05) is 31.3 Å². The summed E-state index contributed by atoms with van der Waals surface area (Å²) in [5, 5.41) is 0. The molecule has 2 saturated heterocycles. The first kappa shape index (κ1) is 17.2. The lowest BCUT2D eigenvalue weighted by Gasteiger charge is -2.50. The first-order valence-electron chi connectivity index (χ1n) is 9.19. The SMILES string of the molecule is O=C(c1ccco1)N1CC[C@H]2OCCC[C@]2(COCc2ccccn2)C1. The van der Waals surface area contributed by atoms with E-state index in [4.69, 9.17) is 13.9 Å². The molecule has 138 valence electrons. The standard InChI is InChI=1S/C20H24N2O4/c23-19(17-6-3-11-25-17)22-10-7-18-20(14-22,8-4-12-26-18)15-24-13-16-5-1-2-9-21-16/h1-3,5-6,9,11,18H,4,7-8,10,12-15H2/t18-,20-/m1/s1. The minimum atomic E-state index is -0.159. The fourth-order valence-electron chi connectivity index (χ4n) is 4.07. The van der Waals surface area contributed by atoms with Crippen LogP contribution in [-0.2, 0) is 16.1 Å². The highest BCUT2D eigenvalue weighted by Gasteiger charge is 2.47. The Hall–Kier alpha value is -2.18. The maximum atomic E-state index is 12.7. The van der Waals surface area contributed by atoms with Crippen molar-refractivity contribution in [3.8, 4) is 0 Å². The maximum absolute atomic E-state index is 12.7. The third-order valence-corrected chi connectivity index (χ3v) is 5.37. The fraction of sp³-hybridized carbons (Fsp3) is 0.500. The number of pyridine rings is 1. The Balaban J connectivity index is 1.45. The van der Waals surface area contributed by atoms with Gasteiger partial charge in [-0.2, -0.15) is 0 Å². The first-order chi connectivity index (χ1) is 12.8. The van der Waals surface area contributed by atoms with Crippen LogP contribution in [0.25, 0.3) is 0 Å². The Bertz CT molecular complexity index is 719. The zero-order valence-corrected chi connectivity index (χ0v) is 14.8. The predicted octanol–water partition coefficient (Wildman–Crippen LogP) is 2.90. The molecule has 0 aromatic carbocycles. The number of nitrogens with zero attached hydrogens (tertiary/aromatic N) is 2. The number of amides is 1. The molecule has 0 bridgehead atoms. The second-order valence-electron chi connectivity index (χ2n) is 7.13. The van der Waals surface area contributed by atoms with Gasteiger partial charge >= 0.3 is 0 Å². The first-order valence-corrected chi connectivity index (χ1v) is 9.19. The number of ether oxygens (including phenoxy) is 2. The molecule has 6 heteroatoms. The predicted molar refractivity (Wildman–Crippen MR) is 94.5 cm³/mol. The molecule has 1 amide bonds. The minimum absolute atomic E-state index is 0.0527. The van der Waals surface area contributed by atoms with E-state index in [2.05, 4.69) is 4.98 Å². The molecule has 0 aliphatic carbocycles. The Morgan fingerprint density at radius 2 is 2.31 bits per heavy atom. The molecule has 0 radical (unpaired) electrons. The second kappa shape index (κ2) is 7.60. The maximum Gasteiger partial charge on any atom is 0.289 e. The van der Waals surface area contributed by atoms with E-state index in [9.17, 15) is 4.79 Å². The number of carbonyl (C=O) groups excluding carboxylic acids is 1. The summed E-state index contributed by atoms with van der Waals surface area (Å²) in [6.45, 7) is 3.15. The van der Waals surface area contributed by atoms with Crippen LogP contribution < -0.4 is 0 Å². The van der Waals surface area contributed by atoms with E-state index in [1.54, 1.807) is 18.3 Å². The number of hydrogen-bond donors (Lipinski definition) is 0. The highest BCUT2D eigenvalue weighted by molar-refractivity contribution is 5.91. The number of piperidine rings is 1. The summed E-state index contributed by atoms with van der Waals surface area (Å²) in [5.74, 6) is 0.341. The van der Waals surface area contributed by atoms with Gasteiger partial charge in [-0.3, -0.25) is 9.78 Å². The highest BCUT2D eigenvalue weighted by Crippen LogP contribution is 2.41. The Morgan fingerprint density at radius 3 is 3.12 bits per heavy atom. The molecule has 2 fully saturated rings. The van der Waals surface area contributed by atoms with Crippen molar-refractivity contribution in [1.82, 2.24) is 9.88 Å². The number of carbonyl (C=O) groups is 1. The van der Waals surface area contributed by atoms with Crippen LogP contribution in [0.1, 0.15) is 35.5 Å². The van der Waals surface area contributed by atoms with Crippen LogP contribution in [0, 0.1) is 5.41 Å². The second-order valence-corrected chi connectivity index (χ2v) is 7.13. The fourth-order valence-corrected chi connectivity index (χ4v) is 4.07. The monoisotopic (exact) mass is 356 g/mol. The van der Waals surface area contributed by atoms with Crippen molar-refractivity contribution < 1.29 is 18.7 Å².